The average molecular weight is 183 g/mol. The number of hydrogen-bond donors (Lipinski definition) is 2. The first-order valence-electron chi connectivity index (χ1n) is 4.55. The van der Waals surface area contributed by atoms with Crippen LogP contribution < -0.4 is 5.32 Å². The van der Waals surface area contributed by atoms with Gasteiger partial charge in [-0.2, -0.15) is 5.10 Å². The third kappa shape index (κ3) is 2.54. The lowest BCUT2D eigenvalue weighted by molar-refractivity contribution is 0.137. The van der Waals surface area contributed by atoms with E-state index in [1.165, 1.54) is 0 Å². The minimum atomic E-state index is -0.478. The molecule has 0 aliphatic carbocycles. The van der Waals surface area contributed by atoms with Crippen molar-refractivity contribution in [3.8, 4) is 0 Å². The number of hydrogen-bond acceptors (Lipinski definition) is 3. The Morgan fingerprint density at radius 2 is 2.38 bits per heavy atom. The van der Waals surface area contributed by atoms with E-state index < -0.39 is 6.10 Å². The maximum absolute atomic E-state index is 9.82. The van der Waals surface area contributed by atoms with E-state index in [-0.39, 0.29) is 6.04 Å². The molecule has 0 aliphatic heterocycles. The van der Waals surface area contributed by atoms with E-state index in [0.717, 1.165) is 12.1 Å². The van der Waals surface area contributed by atoms with Gasteiger partial charge in [-0.25, -0.2) is 0 Å². The Hall–Kier alpha value is -0.870. The Morgan fingerprint density at radius 3 is 2.85 bits per heavy atom. The van der Waals surface area contributed by atoms with E-state index in [1.807, 2.05) is 27.1 Å². The molecule has 0 aromatic carbocycles. The molecule has 4 nitrogen and oxygen atoms in total. The van der Waals surface area contributed by atoms with Gasteiger partial charge in [0.15, 0.2) is 0 Å². The molecule has 4 heteroatoms. The summed E-state index contributed by atoms with van der Waals surface area (Å²) >= 11 is 0. The zero-order chi connectivity index (χ0) is 9.84. The van der Waals surface area contributed by atoms with Crippen LogP contribution in [0.2, 0.25) is 0 Å². The first kappa shape index (κ1) is 10.2. The van der Waals surface area contributed by atoms with Crippen molar-refractivity contribution >= 4 is 0 Å². The summed E-state index contributed by atoms with van der Waals surface area (Å²) in [6, 6.07) is 0.0641. The molecule has 1 heterocycles. The van der Waals surface area contributed by atoms with Crippen molar-refractivity contribution in [2.45, 2.75) is 26.0 Å². The fourth-order valence-electron chi connectivity index (χ4n) is 1.32. The van der Waals surface area contributed by atoms with Gasteiger partial charge in [0.05, 0.1) is 12.3 Å². The molecule has 1 aromatic rings. The molecule has 74 valence electrons. The van der Waals surface area contributed by atoms with E-state index >= 15 is 0 Å². The van der Waals surface area contributed by atoms with Crippen LogP contribution in [-0.4, -0.2) is 27.5 Å². The lowest BCUT2D eigenvalue weighted by Crippen LogP contribution is -2.31. The second kappa shape index (κ2) is 4.39. The summed E-state index contributed by atoms with van der Waals surface area (Å²) in [5, 5.41) is 17.0. The fraction of sp³-hybridized carbons (Fsp3) is 0.667. The van der Waals surface area contributed by atoms with Crippen molar-refractivity contribution in [3.05, 3.63) is 18.0 Å². The summed E-state index contributed by atoms with van der Waals surface area (Å²) in [6.07, 6.45) is 3.05. The molecule has 13 heavy (non-hydrogen) atoms. The van der Waals surface area contributed by atoms with Crippen LogP contribution in [0, 0.1) is 0 Å². The Labute approximate surface area is 78.6 Å². The molecule has 0 saturated heterocycles. The van der Waals surface area contributed by atoms with Gasteiger partial charge < -0.3 is 10.4 Å². The normalized spacial score (nSPS) is 15.7. The fourth-order valence-corrected chi connectivity index (χ4v) is 1.32. The van der Waals surface area contributed by atoms with Crippen molar-refractivity contribution in [1.82, 2.24) is 15.1 Å². The number of likely N-dealkylation sites (N-methyl/N-ethyl adjacent to an activating group) is 1. The maximum atomic E-state index is 9.82. The number of nitrogens with zero attached hydrogens (tertiary/aromatic N) is 2. The molecule has 0 saturated carbocycles. The van der Waals surface area contributed by atoms with Crippen LogP contribution in [0.15, 0.2) is 12.4 Å². The van der Waals surface area contributed by atoms with Crippen LogP contribution in [0.4, 0.5) is 0 Å². The van der Waals surface area contributed by atoms with Gasteiger partial charge in [0.25, 0.3) is 0 Å². The quantitative estimate of drug-likeness (QED) is 0.712. The second-order valence-corrected chi connectivity index (χ2v) is 3.24. The third-order valence-electron chi connectivity index (χ3n) is 2.07. The van der Waals surface area contributed by atoms with Crippen molar-refractivity contribution in [3.63, 3.8) is 0 Å². The molecule has 0 radical (unpaired) electrons. The summed E-state index contributed by atoms with van der Waals surface area (Å²) in [6.45, 7) is 4.84. The molecule has 1 aromatic heterocycles. The van der Waals surface area contributed by atoms with Crippen molar-refractivity contribution in [2.75, 3.05) is 6.54 Å². The molecule has 2 atom stereocenters. The zero-order valence-corrected chi connectivity index (χ0v) is 8.36. The highest BCUT2D eigenvalue weighted by Crippen LogP contribution is 2.14. The second-order valence-electron chi connectivity index (χ2n) is 3.24. The number of aliphatic hydroxyl groups is 1. The SMILES string of the molecule is CCNC(C)C(O)c1cnn(C)c1. The molecule has 1 rings (SSSR count). The zero-order valence-electron chi connectivity index (χ0n) is 8.36. The molecule has 0 aliphatic rings. The highest BCUT2D eigenvalue weighted by Gasteiger charge is 2.16. The van der Waals surface area contributed by atoms with Gasteiger partial charge >= 0.3 is 0 Å². The molecule has 0 amide bonds. The maximum Gasteiger partial charge on any atom is 0.0970 e. The summed E-state index contributed by atoms with van der Waals surface area (Å²) in [5.41, 5.74) is 0.857. The smallest absolute Gasteiger partial charge is 0.0970 e. The van der Waals surface area contributed by atoms with Crippen LogP contribution in [0.5, 0.6) is 0 Å². The lowest BCUT2D eigenvalue weighted by Gasteiger charge is -2.17. The van der Waals surface area contributed by atoms with Gasteiger partial charge in [-0.1, -0.05) is 6.92 Å². The van der Waals surface area contributed by atoms with Crippen LogP contribution in [0.25, 0.3) is 0 Å². The summed E-state index contributed by atoms with van der Waals surface area (Å²) < 4.78 is 1.69. The molecule has 0 fully saturated rings. The predicted octanol–water partition coefficient (Wildman–Crippen LogP) is 0.451. The molecule has 0 spiro atoms. The minimum absolute atomic E-state index is 0.0641. The number of aliphatic hydroxyl groups excluding tert-OH is 1. The van der Waals surface area contributed by atoms with Crippen molar-refractivity contribution in [1.29, 1.82) is 0 Å². The average Bonchev–Trinajstić information content (AvgIpc) is 2.51. The summed E-state index contributed by atoms with van der Waals surface area (Å²) in [5.74, 6) is 0. The Kier molecular flexibility index (Phi) is 3.45. The van der Waals surface area contributed by atoms with Gasteiger partial charge in [0.2, 0.25) is 0 Å². The molecular formula is C9H17N3O. The van der Waals surface area contributed by atoms with E-state index in [2.05, 4.69) is 10.4 Å². The topological polar surface area (TPSA) is 50.1 Å². The van der Waals surface area contributed by atoms with Gasteiger partial charge in [-0.3, -0.25) is 4.68 Å². The van der Waals surface area contributed by atoms with Crippen molar-refractivity contribution in [2.24, 2.45) is 7.05 Å². The molecule has 2 unspecified atom stereocenters. The van der Waals surface area contributed by atoms with Crippen LogP contribution >= 0.6 is 0 Å². The van der Waals surface area contributed by atoms with Gasteiger partial charge in [0, 0.05) is 24.8 Å². The monoisotopic (exact) mass is 183 g/mol. The van der Waals surface area contributed by atoms with Gasteiger partial charge in [-0.05, 0) is 13.5 Å². The van der Waals surface area contributed by atoms with Crippen LogP contribution in [-0.2, 0) is 7.05 Å². The largest absolute Gasteiger partial charge is 0.387 e. The standard InChI is InChI=1S/C9H17N3O/c1-4-10-7(2)9(13)8-5-11-12(3)6-8/h5-7,9-10,13H,4H2,1-3H3. The summed E-state index contributed by atoms with van der Waals surface area (Å²) in [7, 11) is 1.84. The van der Waals surface area contributed by atoms with Crippen LogP contribution in [0.3, 0.4) is 0 Å². The Balaban J connectivity index is 2.61. The first-order chi connectivity index (χ1) is 6.15. The predicted molar refractivity (Wildman–Crippen MR) is 51.3 cm³/mol. The number of aromatic nitrogens is 2. The Bertz CT molecular complexity index is 259. The van der Waals surface area contributed by atoms with Crippen LogP contribution in [0.1, 0.15) is 25.5 Å². The summed E-state index contributed by atoms with van der Waals surface area (Å²) in [4.78, 5) is 0. The third-order valence-corrected chi connectivity index (χ3v) is 2.07. The Morgan fingerprint density at radius 1 is 1.69 bits per heavy atom. The highest BCUT2D eigenvalue weighted by atomic mass is 16.3. The van der Waals surface area contributed by atoms with E-state index in [4.69, 9.17) is 0 Å². The minimum Gasteiger partial charge on any atom is -0.387 e. The van der Waals surface area contributed by atoms with Crippen molar-refractivity contribution < 1.29 is 5.11 Å². The molecular weight excluding hydrogens is 166 g/mol. The number of nitrogens with one attached hydrogen (secondary N) is 1. The van der Waals surface area contributed by atoms with Gasteiger partial charge in [-0.15, -0.1) is 0 Å². The van der Waals surface area contributed by atoms with Gasteiger partial charge in [0.1, 0.15) is 0 Å². The molecule has 0 bridgehead atoms. The van der Waals surface area contributed by atoms with E-state index in [0.29, 0.717) is 0 Å². The first-order valence-corrected chi connectivity index (χ1v) is 4.55. The van der Waals surface area contributed by atoms with E-state index in [1.54, 1.807) is 10.9 Å². The van der Waals surface area contributed by atoms with E-state index in [9.17, 15) is 5.11 Å². The molecule has 2 N–H and O–H groups in total. The number of aryl methyl sites for hydroxylation is 1. The highest BCUT2D eigenvalue weighted by molar-refractivity contribution is 5.09. The number of rotatable bonds is 4. The lowest BCUT2D eigenvalue weighted by atomic mass is 10.1.